The van der Waals surface area contributed by atoms with Crippen molar-refractivity contribution in [1.29, 1.82) is 0 Å². The van der Waals surface area contributed by atoms with Crippen molar-refractivity contribution in [3.05, 3.63) is 67.3 Å². The monoisotopic (exact) mass is 543 g/mol. The minimum absolute atomic E-state index is 0.0647. The Hall–Kier alpha value is -4.51. The maximum atomic E-state index is 12.1. The second kappa shape index (κ2) is 11.7. The van der Waals surface area contributed by atoms with Gasteiger partial charge in [-0.3, -0.25) is 9.67 Å². The van der Waals surface area contributed by atoms with E-state index in [0.717, 1.165) is 34.0 Å². The van der Waals surface area contributed by atoms with Crippen LogP contribution >= 0.6 is 0 Å². The molecule has 0 atom stereocenters. The van der Waals surface area contributed by atoms with E-state index in [0.29, 0.717) is 32.2 Å². The highest BCUT2D eigenvalue weighted by atomic mass is 16.6. The summed E-state index contributed by atoms with van der Waals surface area (Å²) >= 11 is 0. The van der Waals surface area contributed by atoms with E-state index in [-0.39, 0.29) is 12.2 Å². The third-order valence-corrected chi connectivity index (χ3v) is 6.07. The number of aromatic nitrogens is 5. The normalized spacial score (nSPS) is 13.6. The molecule has 1 aliphatic heterocycles. The quantitative estimate of drug-likeness (QED) is 0.318. The van der Waals surface area contributed by atoms with Gasteiger partial charge in [0.25, 0.3) is 0 Å². The van der Waals surface area contributed by atoms with Crippen molar-refractivity contribution in [2.45, 2.75) is 39.0 Å². The molecule has 1 saturated heterocycles. The second-order valence-electron chi connectivity index (χ2n) is 10.4. The summed E-state index contributed by atoms with van der Waals surface area (Å²) < 4.78 is 18.5. The molecule has 208 valence electrons. The molecule has 40 heavy (non-hydrogen) atoms. The van der Waals surface area contributed by atoms with Crippen LogP contribution in [0.3, 0.4) is 0 Å². The molecule has 11 nitrogen and oxygen atoms in total. The smallest absolute Gasteiger partial charge is 0.410 e. The molecule has 0 saturated carbocycles. The number of ether oxygens (including phenoxy) is 3. The number of benzene rings is 1. The van der Waals surface area contributed by atoms with Gasteiger partial charge in [0, 0.05) is 48.7 Å². The first kappa shape index (κ1) is 27.1. The third kappa shape index (κ3) is 6.73. The van der Waals surface area contributed by atoms with Crippen molar-refractivity contribution in [2.24, 2.45) is 0 Å². The molecule has 0 unspecified atom stereocenters. The highest BCUT2D eigenvalue weighted by molar-refractivity contribution is 5.78. The summed E-state index contributed by atoms with van der Waals surface area (Å²) in [4.78, 5) is 27.2. The van der Waals surface area contributed by atoms with Gasteiger partial charge in [-0.25, -0.2) is 14.8 Å². The number of hydrogen-bond acceptors (Lipinski definition) is 9. The minimum Gasteiger partial charge on any atom is -0.487 e. The largest absolute Gasteiger partial charge is 0.487 e. The number of hydrogen-bond donors (Lipinski definition) is 1. The van der Waals surface area contributed by atoms with E-state index >= 15 is 0 Å². The van der Waals surface area contributed by atoms with Crippen LogP contribution in [0.4, 0.5) is 16.4 Å². The summed E-state index contributed by atoms with van der Waals surface area (Å²) in [5.41, 5.74) is 3.60. The van der Waals surface area contributed by atoms with Gasteiger partial charge in [-0.2, -0.15) is 5.10 Å². The van der Waals surface area contributed by atoms with Crippen molar-refractivity contribution >= 4 is 17.7 Å². The van der Waals surface area contributed by atoms with Crippen molar-refractivity contribution in [3.8, 4) is 28.3 Å². The Morgan fingerprint density at radius 2 is 1.90 bits per heavy atom. The number of nitrogens with one attached hydrogen (secondary N) is 1. The number of methoxy groups -OCH3 is 1. The molecule has 1 N–H and O–H groups in total. The van der Waals surface area contributed by atoms with Crippen LogP contribution in [0, 0.1) is 0 Å². The van der Waals surface area contributed by atoms with Crippen molar-refractivity contribution in [2.75, 3.05) is 32.1 Å². The molecule has 1 aromatic carbocycles. The highest BCUT2D eigenvalue weighted by Gasteiger charge is 2.35. The lowest BCUT2D eigenvalue weighted by Gasteiger charge is -2.39. The van der Waals surface area contributed by atoms with Crippen LogP contribution < -0.4 is 10.1 Å². The number of rotatable bonds is 9. The first-order valence-corrected chi connectivity index (χ1v) is 13.1. The standard InChI is InChI=1S/C29H33N7O4/c1-29(2,3)40-28(37)35-17-23(18-35)39-22-9-7-21(8-10-22)32-27-31-13-11-25(33-27)24-19-36(14-15-38-4)34-26(24)20-6-5-12-30-16-20/h5-13,16,19,23H,14-15,17-18H2,1-4H3,(H,31,32,33). The molecule has 1 amide bonds. The summed E-state index contributed by atoms with van der Waals surface area (Å²) in [6, 6.07) is 13.3. The fourth-order valence-corrected chi connectivity index (χ4v) is 4.12. The molecule has 5 rings (SSSR count). The van der Waals surface area contributed by atoms with Crippen LogP contribution in [0.1, 0.15) is 20.8 Å². The molecule has 3 aromatic heterocycles. The Kier molecular flexibility index (Phi) is 7.92. The number of carbonyl (C=O) groups excluding carboxylic acids is 1. The molecule has 0 radical (unpaired) electrons. The van der Waals surface area contributed by atoms with Crippen molar-refractivity contribution < 1.29 is 19.0 Å². The summed E-state index contributed by atoms with van der Waals surface area (Å²) in [6.45, 7) is 7.73. The molecule has 0 spiro atoms. The number of amides is 1. The van der Waals surface area contributed by atoms with E-state index in [1.165, 1.54) is 0 Å². The lowest BCUT2D eigenvalue weighted by Crippen LogP contribution is -2.57. The molecule has 4 heterocycles. The van der Waals surface area contributed by atoms with Gasteiger partial charge < -0.3 is 24.4 Å². The van der Waals surface area contributed by atoms with Gasteiger partial charge in [-0.1, -0.05) is 0 Å². The van der Waals surface area contributed by atoms with Crippen LogP contribution in [-0.4, -0.2) is 74.2 Å². The van der Waals surface area contributed by atoms with E-state index in [1.807, 2.05) is 74.1 Å². The van der Waals surface area contributed by atoms with E-state index in [4.69, 9.17) is 24.3 Å². The fraction of sp³-hybridized carbons (Fsp3) is 0.345. The van der Waals surface area contributed by atoms with Gasteiger partial charge in [0.05, 0.1) is 31.9 Å². The van der Waals surface area contributed by atoms with Gasteiger partial charge in [0.15, 0.2) is 0 Å². The number of carbonyl (C=O) groups is 1. The van der Waals surface area contributed by atoms with E-state index in [1.54, 1.807) is 30.6 Å². The molecule has 1 aliphatic rings. The van der Waals surface area contributed by atoms with Crippen LogP contribution in [0.15, 0.2) is 67.3 Å². The summed E-state index contributed by atoms with van der Waals surface area (Å²) in [5, 5.41) is 8.02. The van der Waals surface area contributed by atoms with Crippen molar-refractivity contribution in [3.63, 3.8) is 0 Å². The fourth-order valence-electron chi connectivity index (χ4n) is 4.12. The summed E-state index contributed by atoms with van der Waals surface area (Å²) in [5.74, 6) is 1.18. The summed E-state index contributed by atoms with van der Waals surface area (Å²) in [6.07, 6.45) is 6.82. The molecule has 0 bridgehead atoms. The average Bonchev–Trinajstić information content (AvgIpc) is 3.34. The van der Waals surface area contributed by atoms with Gasteiger partial charge in [0.2, 0.25) is 5.95 Å². The first-order chi connectivity index (χ1) is 19.3. The number of likely N-dealkylation sites (tertiary alicyclic amines) is 1. The molecule has 1 fully saturated rings. The number of anilines is 2. The predicted molar refractivity (Wildman–Crippen MR) is 150 cm³/mol. The zero-order chi connectivity index (χ0) is 28.1. The highest BCUT2D eigenvalue weighted by Crippen LogP contribution is 2.30. The summed E-state index contributed by atoms with van der Waals surface area (Å²) in [7, 11) is 1.67. The van der Waals surface area contributed by atoms with E-state index in [2.05, 4.69) is 15.3 Å². The molecular formula is C29H33N7O4. The second-order valence-corrected chi connectivity index (χ2v) is 10.4. The van der Waals surface area contributed by atoms with E-state index in [9.17, 15) is 4.79 Å². The zero-order valence-electron chi connectivity index (χ0n) is 23.1. The van der Waals surface area contributed by atoms with Crippen LogP contribution in [0.5, 0.6) is 5.75 Å². The minimum atomic E-state index is -0.511. The van der Waals surface area contributed by atoms with E-state index < -0.39 is 5.60 Å². The Morgan fingerprint density at radius 1 is 1.10 bits per heavy atom. The lowest BCUT2D eigenvalue weighted by molar-refractivity contribution is -0.0221. The molecular weight excluding hydrogens is 510 g/mol. The SMILES string of the molecule is COCCn1cc(-c2ccnc(Nc3ccc(OC4CN(C(=O)OC(C)(C)C)C4)cc3)n2)c(-c2cccnc2)n1. The van der Waals surface area contributed by atoms with Gasteiger partial charge >= 0.3 is 6.09 Å². The van der Waals surface area contributed by atoms with Gasteiger partial charge in [-0.05, 0) is 63.2 Å². The number of nitrogens with zero attached hydrogens (tertiary/aromatic N) is 6. The Morgan fingerprint density at radius 3 is 2.60 bits per heavy atom. The average molecular weight is 544 g/mol. The topological polar surface area (TPSA) is 117 Å². The predicted octanol–water partition coefficient (Wildman–Crippen LogP) is 4.79. The maximum absolute atomic E-state index is 12.1. The Bertz CT molecular complexity index is 1430. The zero-order valence-corrected chi connectivity index (χ0v) is 23.1. The Balaban J connectivity index is 1.24. The molecule has 0 aliphatic carbocycles. The van der Waals surface area contributed by atoms with Gasteiger partial charge in [0.1, 0.15) is 23.1 Å². The Labute approximate surface area is 233 Å². The maximum Gasteiger partial charge on any atom is 0.410 e. The van der Waals surface area contributed by atoms with Crippen LogP contribution in [0.2, 0.25) is 0 Å². The lowest BCUT2D eigenvalue weighted by atomic mass is 10.1. The first-order valence-electron chi connectivity index (χ1n) is 13.1. The van der Waals surface area contributed by atoms with Crippen molar-refractivity contribution in [1.82, 2.24) is 29.6 Å². The van der Waals surface area contributed by atoms with Crippen LogP contribution in [0.25, 0.3) is 22.5 Å². The molecule has 11 heteroatoms. The molecule has 4 aromatic rings. The van der Waals surface area contributed by atoms with Crippen LogP contribution in [-0.2, 0) is 16.0 Å². The number of pyridine rings is 1. The van der Waals surface area contributed by atoms with Gasteiger partial charge in [-0.15, -0.1) is 0 Å². The third-order valence-electron chi connectivity index (χ3n) is 6.07.